The molecule has 6 heteroatoms. The van der Waals surface area contributed by atoms with Crippen LogP contribution in [0, 0.1) is 11.7 Å². The van der Waals surface area contributed by atoms with Crippen molar-refractivity contribution in [3.05, 3.63) is 29.6 Å². The van der Waals surface area contributed by atoms with Gasteiger partial charge in [-0.3, -0.25) is 4.72 Å². The number of benzene rings is 1. The van der Waals surface area contributed by atoms with E-state index in [-0.39, 0.29) is 22.9 Å². The zero-order valence-electron chi connectivity index (χ0n) is 9.89. The number of anilines is 1. The maximum absolute atomic E-state index is 13.6. The minimum Gasteiger partial charge on any atom is -0.392 e. The molecule has 0 unspecified atom stereocenters. The molecule has 0 saturated heterocycles. The number of para-hydroxylation sites is 1. The maximum Gasteiger partial charge on any atom is 0.233 e. The first kappa shape index (κ1) is 13.3. The topological polar surface area (TPSA) is 66.4 Å². The zero-order chi connectivity index (χ0) is 13.2. The van der Waals surface area contributed by atoms with Crippen molar-refractivity contribution in [3.63, 3.8) is 0 Å². The summed E-state index contributed by atoms with van der Waals surface area (Å²) < 4.78 is 39.5. The third-order valence-electron chi connectivity index (χ3n) is 3.21. The standard InChI is InChI=1S/C12H16FNO3S/c13-11-6-2-5-10(7-15)12(11)14-18(16,17)8-9-3-1-4-9/h2,5-6,9,14-15H,1,3-4,7-8H2. The Balaban J connectivity index is 2.17. The first-order valence-corrected chi connectivity index (χ1v) is 7.56. The fourth-order valence-electron chi connectivity index (χ4n) is 1.98. The second-order valence-corrected chi connectivity index (χ2v) is 6.38. The summed E-state index contributed by atoms with van der Waals surface area (Å²) in [6.07, 6.45) is 2.87. The van der Waals surface area contributed by atoms with Crippen molar-refractivity contribution < 1.29 is 17.9 Å². The molecule has 1 fully saturated rings. The molecule has 0 radical (unpaired) electrons. The lowest BCUT2D eigenvalue weighted by atomic mass is 9.87. The van der Waals surface area contributed by atoms with Crippen molar-refractivity contribution >= 4 is 15.7 Å². The molecule has 100 valence electrons. The summed E-state index contributed by atoms with van der Waals surface area (Å²) in [6.45, 7) is -0.404. The van der Waals surface area contributed by atoms with Crippen LogP contribution in [0.2, 0.25) is 0 Å². The summed E-state index contributed by atoms with van der Waals surface area (Å²) in [5, 5.41) is 9.08. The van der Waals surface area contributed by atoms with Gasteiger partial charge in [-0.1, -0.05) is 18.6 Å². The molecule has 0 aliphatic heterocycles. The van der Waals surface area contributed by atoms with Crippen molar-refractivity contribution in [1.82, 2.24) is 0 Å². The van der Waals surface area contributed by atoms with E-state index in [2.05, 4.69) is 4.72 Å². The molecule has 0 bridgehead atoms. The average molecular weight is 273 g/mol. The van der Waals surface area contributed by atoms with Gasteiger partial charge < -0.3 is 5.11 Å². The highest BCUT2D eigenvalue weighted by Crippen LogP contribution is 2.29. The first-order chi connectivity index (χ1) is 8.52. The predicted molar refractivity (Wildman–Crippen MR) is 67.1 cm³/mol. The molecule has 1 aromatic rings. The Morgan fingerprint density at radius 1 is 1.39 bits per heavy atom. The lowest BCUT2D eigenvalue weighted by molar-refractivity contribution is 0.282. The van der Waals surface area contributed by atoms with E-state index in [1.54, 1.807) is 0 Å². The van der Waals surface area contributed by atoms with Gasteiger partial charge in [0.2, 0.25) is 10.0 Å². The summed E-state index contributed by atoms with van der Waals surface area (Å²) in [7, 11) is -3.55. The van der Waals surface area contributed by atoms with Crippen LogP contribution in [0.3, 0.4) is 0 Å². The van der Waals surface area contributed by atoms with Gasteiger partial charge in [0.25, 0.3) is 0 Å². The number of nitrogens with one attached hydrogen (secondary N) is 1. The molecule has 1 aliphatic carbocycles. The van der Waals surface area contributed by atoms with Gasteiger partial charge in [0, 0.05) is 5.56 Å². The molecule has 0 heterocycles. The van der Waals surface area contributed by atoms with Crippen LogP contribution in [0.5, 0.6) is 0 Å². The number of hydrogen-bond acceptors (Lipinski definition) is 3. The van der Waals surface area contributed by atoms with Crippen LogP contribution in [0.4, 0.5) is 10.1 Å². The Morgan fingerprint density at radius 3 is 2.67 bits per heavy atom. The van der Waals surface area contributed by atoms with Gasteiger partial charge >= 0.3 is 0 Å². The number of sulfonamides is 1. The normalized spacial score (nSPS) is 16.3. The minimum atomic E-state index is -3.55. The highest BCUT2D eigenvalue weighted by molar-refractivity contribution is 7.92. The Kier molecular flexibility index (Phi) is 3.87. The lowest BCUT2D eigenvalue weighted by Crippen LogP contribution is -2.27. The molecule has 1 saturated carbocycles. The van der Waals surface area contributed by atoms with Crippen LogP contribution >= 0.6 is 0 Å². The van der Waals surface area contributed by atoms with E-state index in [0.717, 1.165) is 19.3 Å². The lowest BCUT2D eigenvalue weighted by Gasteiger charge is -2.25. The molecule has 18 heavy (non-hydrogen) atoms. The van der Waals surface area contributed by atoms with Crippen LogP contribution in [0.15, 0.2) is 18.2 Å². The van der Waals surface area contributed by atoms with Gasteiger partial charge in [-0.15, -0.1) is 0 Å². The molecular weight excluding hydrogens is 257 g/mol. The van der Waals surface area contributed by atoms with E-state index in [4.69, 9.17) is 5.11 Å². The Labute approximate surface area is 106 Å². The van der Waals surface area contributed by atoms with Crippen LogP contribution in [-0.2, 0) is 16.6 Å². The van der Waals surface area contributed by atoms with E-state index < -0.39 is 22.4 Å². The molecule has 2 N–H and O–H groups in total. The summed E-state index contributed by atoms with van der Waals surface area (Å²) >= 11 is 0. The van der Waals surface area contributed by atoms with Crippen LogP contribution < -0.4 is 4.72 Å². The van der Waals surface area contributed by atoms with Crippen LogP contribution in [-0.4, -0.2) is 19.3 Å². The van der Waals surface area contributed by atoms with Gasteiger partial charge in [-0.05, 0) is 24.8 Å². The van der Waals surface area contributed by atoms with Crippen molar-refractivity contribution in [2.45, 2.75) is 25.9 Å². The molecule has 1 aromatic carbocycles. The Bertz CT molecular complexity index is 526. The molecule has 0 aromatic heterocycles. The Morgan fingerprint density at radius 2 is 2.11 bits per heavy atom. The zero-order valence-corrected chi connectivity index (χ0v) is 10.7. The monoisotopic (exact) mass is 273 g/mol. The van der Waals surface area contributed by atoms with Crippen molar-refractivity contribution in [2.75, 3.05) is 10.5 Å². The predicted octanol–water partition coefficient (Wildman–Crippen LogP) is 1.86. The molecule has 4 nitrogen and oxygen atoms in total. The SMILES string of the molecule is O=S(=O)(CC1CCC1)Nc1c(F)cccc1CO. The van der Waals surface area contributed by atoms with Gasteiger partial charge in [-0.2, -0.15) is 0 Å². The van der Waals surface area contributed by atoms with E-state index in [0.29, 0.717) is 0 Å². The summed E-state index contributed by atoms with van der Waals surface area (Å²) in [5.41, 5.74) is 0.103. The quantitative estimate of drug-likeness (QED) is 0.860. The molecule has 2 rings (SSSR count). The third-order valence-corrected chi connectivity index (χ3v) is 4.63. The molecule has 0 atom stereocenters. The number of halogens is 1. The smallest absolute Gasteiger partial charge is 0.233 e. The fourth-order valence-corrected chi connectivity index (χ4v) is 3.56. The highest BCUT2D eigenvalue weighted by atomic mass is 32.2. The first-order valence-electron chi connectivity index (χ1n) is 5.90. The summed E-state index contributed by atoms with van der Waals surface area (Å²) in [6, 6.07) is 4.09. The molecule has 0 spiro atoms. The average Bonchev–Trinajstić information content (AvgIpc) is 2.26. The Hall–Kier alpha value is -1.14. The van der Waals surface area contributed by atoms with Crippen molar-refractivity contribution in [1.29, 1.82) is 0 Å². The van der Waals surface area contributed by atoms with Gasteiger partial charge in [-0.25, -0.2) is 12.8 Å². The highest BCUT2D eigenvalue weighted by Gasteiger charge is 2.25. The fraction of sp³-hybridized carbons (Fsp3) is 0.500. The second kappa shape index (κ2) is 5.24. The molecule has 1 aliphatic rings. The second-order valence-electron chi connectivity index (χ2n) is 4.61. The van der Waals surface area contributed by atoms with E-state index in [9.17, 15) is 12.8 Å². The van der Waals surface area contributed by atoms with Gasteiger partial charge in [0.15, 0.2) is 0 Å². The minimum absolute atomic E-state index is 0.0200. The molecule has 0 amide bonds. The van der Waals surface area contributed by atoms with E-state index >= 15 is 0 Å². The molecular formula is C12H16FNO3S. The maximum atomic E-state index is 13.6. The number of rotatable bonds is 5. The third kappa shape index (κ3) is 3.00. The van der Waals surface area contributed by atoms with Crippen LogP contribution in [0.1, 0.15) is 24.8 Å². The van der Waals surface area contributed by atoms with Crippen molar-refractivity contribution in [3.8, 4) is 0 Å². The van der Waals surface area contributed by atoms with Gasteiger partial charge in [0.1, 0.15) is 5.82 Å². The van der Waals surface area contributed by atoms with Crippen molar-refractivity contribution in [2.24, 2.45) is 5.92 Å². The summed E-state index contributed by atoms with van der Waals surface area (Å²) in [4.78, 5) is 0. The van der Waals surface area contributed by atoms with Gasteiger partial charge in [0.05, 0.1) is 18.0 Å². The number of aliphatic hydroxyl groups is 1. The summed E-state index contributed by atoms with van der Waals surface area (Å²) in [5.74, 6) is -0.475. The number of aliphatic hydroxyl groups excluding tert-OH is 1. The number of hydrogen-bond donors (Lipinski definition) is 2. The van der Waals surface area contributed by atoms with E-state index in [1.807, 2.05) is 0 Å². The van der Waals surface area contributed by atoms with Crippen LogP contribution in [0.25, 0.3) is 0 Å². The largest absolute Gasteiger partial charge is 0.392 e. The van der Waals surface area contributed by atoms with E-state index in [1.165, 1.54) is 18.2 Å².